The normalized spacial score (nSPS) is 21.4. The van der Waals surface area contributed by atoms with Crippen LogP contribution in [-0.2, 0) is 16.0 Å². The molecule has 1 atom stereocenters. The Labute approximate surface area is 238 Å². The maximum atomic E-state index is 13.9. The summed E-state index contributed by atoms with van der Waals surface area (Å²) in [5.41, 5.74) is 8.99. The number of nitrogens with one attached hydrogen (secondary N) is 1. The summed E-state index contributed by atoms with van der Waals surface area (Å²) < 4.78 is 4.62. The van der Waals surface area contributed by atoms with E-state index in [4.69, 9.17) is 10.7 Å². The summed E-state index contributed by atoms with van der Waals surface area (Å²) in [5, 5.41) is 3.49. The molecule has 2 aromatic rings. The highest BCUT2D eigenvalue weighted by Crippen LogP contribution is 2.40. The SMILES string of the molecule is NC(=O)OC1CCC1.O=C(C1=C(c2ccccc2)B(C2CCCCC2)C=N1)N1CCNC[C@H]1Cc1ccccc1. The fraction of sp³-hybridized carbons (Fsp3) is 0.469. The van der Waals surface area contributed by atoms with Gasteiger partial charge in [-0.15, -0.1) is 0 Å². The zero-order valence-corrected chi connectivity index (χ0v) is 23.3. The molecule has 2 amide bonds. The number of piperazine rings is 1. The summed E-state index contributed by atoms with van der Waals surface area (Å²) in [6.07, 6.45) is 12.0. The molecule has 8 heteroatoms. The molecule has 4 aliphatic rings. The molecule has 40 heavy (non-hydrogen) atoms. The molecule has 7 nitrogen and oxygen atoms in total. The molecular weight excluding hydrogens is 499 g/mol. The Morgan fingerprint density at radius 1 is 0.950 bits per heavy atom. The number of nitrogens with zero attached hydrogens (tertiary/aromatic N) is 2. The Morgan fingerprint density at radius 3 is 2.27 bits per heavy atom. The first-order valence-corrected chi connectivity index (χ1v) is 15.0. The van der Waals surface area contributed by atoms with Gasteiger partial charge in [-0.2, -0.15) is 0 Å². The van der Waals surface area contributed by atoms with Gasteiger partial charge in [-0.1, -0.05) is 98.6 Å². The van der Waals surface area contributed by atoms with Gasteiger partial charge in [0.2, 0.25) is 6.71 Å². The van der Waals surface area contributed by atoms with Crippen LogP contribution in [0, 0.1) is 0 Å². The van der Waals surface area contributed by atoms with E-state index in [0.717, 1.165) is 56.4 Å². The predicted octanol–water partition coefficient (Wildman–Crippen LogP) is 5.07. The van der Waals surface area contributed by atoms with Crippen molar-refractivity contribution in [3.05, 3.63) is 77.5 Å². The fourth-order valence-corrected chi connectivity index (χ4v) is 6.31. The fourth-order valence-electron chi connectivity index (χ4n) is 6.31. The summed E-state index contributed by atoms with van der Waals surface area (Å²) in [6.45, 7) is 2.64. The Morgan fingerprint density at radius 2 is 1.65 bits per heavy atom. The minimum atomic E-state index is -0.644. The number of primary amides is 1. The number of amides is 2. The van der Waals surface area contributed by atoms with Crippen LogP contribution in [0.4, 0.5) is 4.79 Å². The molecule has 2 heterocycles. The van der Waals surface area contributed by atoms with E-state index in [2.05, 4.69) is 69.6 Å². The second-order valence-corrected chi connectivity index (χ2v) is 11.4. The third-order valence-electron chi connectivity index (χ3n) is 8.66. The maximum absolute atomic E-state index is 13.9. The molecule has 0 bridgehead atoms. The zero-order chi connectivity index (χ0) is 27.7. The number of benzene rings is 2. The molecule has 0 radical (unpaired) electrons. The van der Waals surface area contributed by atoms with Crippen LogP contribution in [0.3, 0.4) is 0 Å². The van der Waals surface area contributed by atoms with Gasteiger partial charge in [0, 0.05) is 25.7 Å². The highest BCUT2D eigenvalue weighted by atomic mass is 16.6. The molecule has 210 valence electrons. The van der Waals surface area contributed by atoms with E-state index >= 15 is 0 Å². The summed E-state index contributed by atoms with van der Waals surface area (Å²) >= 11 is 0. The summed E-state index contributed by atoms with van der Waals surface area (Å²) in [5.74, 6) is 0.692. The third kappa shape index (κ3) is 7.03. The van der Waals surface area contributed by atoms with Crippen molar-refractivity contribution in [3.8, 4) is 0 Å². The standard InChI is InChI=1S/C27H32BN3O.C5H9NO2/c32-27(31-17-16-29-19-24(31)18-21-10-4-1-5-11-21)26-25(22-12-6-2-7-13-22)28(20-30-26)23-14-8-3-9-15-23;6-5(7)8-4-2-1-3-4/h1-2,4-7,10-13,20,23-24,29H,3,8-9,14-19H2;4H,1-3H2,(H2,6,7)/t24-;/m1./s1. The Balaban J connectivity index is 0.000000348. The Bertz CT molecular complexity index is 1190. The average molecular weight is 541 g/mol. The minimum Gasteiger partial charge on any atom is -0.446 e. The van der Waals surface area contributed by atoms with Gasteiger partial charge in [0.1, 0.15) is 11.8 Å². The third-order valence-corrected chi connectivity index (χ3v) is 8.66. The molecule has 0 unspecified atom stereocenters. The second-order valence-electron chi connectivity index (χ2n) is 11.4. The van der Waals surface area contributed by atoms with E-state index in [1.54, 1.807) is 0 Å². The highest BCUT2D eigenvalue weighted by Gasteiger charge is 2.39. The first-order chi connectivity index (χ1) is 19.6. The van der Waals surface area contributed by atoms with E-state index < -0.39 is 6.09 Å². The lowest BCUT2D eigenvalue weighted by molar-refractivity contribution is -0.130. The Kier molecular flexibility index (Phi) is 9.71. The first-order valence-electron chi connectivity index (χ1n) is 15.0. The monoisotopic (exact) mass is 540 g/mol. The molecule has 0 aromatic heterocycles. The van der Waals surface area contributed by atoms with Crippen LogP contribution in [0.1, 0.15) is 62.5 Å². The molecule has 6 rings (SSSR count). The molecule has 2 aliphatic carbocycles. The van der Waals surface area contributed by atoms with Crippen molar-refractivity contribution >= 4 is 30.3 Å². The van der Waals surface area contributed by atoms with Crippen molar-refractivity contribution < 1.29 is 14.3 Å². The zero-order valence-electron chi connectivity index (χ0n) is 23.3. The van der Waals surface area contributed by atoms with Crippen LogP contribution >= 0.6 is 0 Å². The van der Waals surface area contributed by atoms with Crippen LogP contribution in [0.2, 0.25) is 5.82 Å². The van der Waals surface area contributed by atoms with E-state index in [-0.39, 0.29) is 24.8 Å². The van der Waals surface area contributed by atoms with Gasteiger partial charge in [-0.05, 0) is 48.4 Å². The predicted molar refractivity (Wildman–Crippen MR) is 161 cm³/mol. The summed E-state index contributed by atoms with van der Waals surface area (Å²) in [4.78, 5) is 30.8. The van der Waals surface area contributed by atoms with Crippen LogP contribution < -0.4 is 11.1 Å². The molecule has 2 aliphatic heterocycles. The van der Waals surface area contributed by atoms with Crippen molar-refractivity contribution in [1.82, 2.24) is 10.2 Å². The topological polar surface area (TPSA) is 97.0 Å². The maximum Gasteiger partial charge on any atom is 0.404 e. The summed E-state index contributed by atoms with van der Waals surface area (Å²) in [6, 6.07) is 21.1. The van der Waals surface area contributed by atoms with E-state index in [0.29, 0.717) is 11.5 Å². The van der Waals surface area contributed by atoms with Crippen molar-refractivity contribution in [1.29, 1.82) is 0 Å². The van der Waals surface area contributed by atoms with Crippen molar-refractivity contribution in [2.75, 3.05) is 19.6 Å². The number of aliphatic imine (C=N–C) groups is 1. The van der Waals surface area contributed by atoms with E-state index in [1.807, 2.05) is 12.1 Å². The van der Waals surface area contributed by atoms with Gasteiger partial charge in [0.05, 0.1) is 0 Å². The minimum absolute atomic E-state index is 0.0980. The van der Waals surface area contributed by atoms with E-state index in [1.165, 1.54) is 37.7 Å². The van der Waals surface area contributed by atoms with Gasteiger partial charge in [-0.3, -0.25) is 9.79 Å². The van der Waals surface area contributed by atoms with Gasteiger partial charge >= 0.3 is 6.09 Å². The van der Waals surface area contributed by atoms with Gasteiger partial charge < -0.3 is 20.7 Å². The lowest BCUT2D eigenvalue weighted by Gasteiger charge is -2.36. The van der Waals surface area contributed by atoms with Crippen molar-refractivity contribution in [2.24, 2.45) is 10.7 Å². The molecule has 3 N–H and O–H groups in total. The van der Waals surface area contributed by atoms with Crippen LogP contribution in [0.5, 0.6) is 0 Å². The average Bonchev–Trinajstić information content (AvgIpc) is 3.42. The number of hydrogen-bond acceptors (Lipinski definition) is 5. The van der Waals surface area contributed by atoms with Crippen LogP contribution in [0.25, 0.3) is 5.47 Å². The molecule has 2 aromatic carbocycles. The highest BCUT2D eigenvalue weighted by molar-refractivity contribution is 7.02. The second kappa shape index (κ2) is 13.8. The molecule has 1 saturated heterocycles. The number of hydrogen-bond donors (Lipinski definition) is 2. The molecule has 2 saturated carbocycles. The van der Waals surface area contributed by atoms with Crippen molar-refractivity contribution in [3.63, 3.8) is 0 Å². The number of rotatable bonds is 6. The van der Waals surface area contributed by atoms with E-state index in [9.17, 15) is 9.59 Å². The number of ether oxygens (including phenoxy) is 1. The molecule has 0 spiro atoms. The molecule has 3 fully saturated rings. The first kappa shape index (κ1) is 28.2. The largest absolute Gasteiger partial charge is 0.446 e. The number of carbonyl (C=O) groups excluding carboxylic acids is 2. The number of carbonyl (C=O) groups is 2. The van der Waals surface area contributed by atoms with Gasteiger partial charge in [0.25, 0.3) is 5.91 Å². The molecular formula is C32H41BN4O3. The van der Waals surface area contributed by atoms with Crippen LogP contribution in [-0.4, -0.2) is 61.5 Å². The quantitative estimate of drug-likeness (QED) is 0.501. The van der Waals surface area contributed by atoms with Crippen LogP contribution in [0.15, 0.2) is 71.4 Å². The lowest BCUT2D eigenvalue weighted by atomic mass is 9.35. The van der Waals surface area contributed by atoms with Gasteiger partial charge in [0.15, 0.2) is 0 Å². The van der Waals surface area contributed by atoms with Crippen molar-refractivity contribution in [2.45, 2.75) is 75.8 Å². The summed E-state index contributed by atoms with van der Waals surface area (Å²) in [7, 11) is 0. The smallest absolute Gasteiger partial charge is 0.404 e. The lowest BCUT2D eigenvalue weighted by Crippen LogP contribution is -2.54. The number of nitrogens with two attached hydrogens (primary N) is 1. The van der Waals surface area contributed by atoms with Gasteiger partial charge in [-0.25, -0.2) is 4.79 Å². The Hall–Kier alpha value is -3.39.